The lowest BCUT2D eigenvalue weighted by atomic mass is 10.0. The lowest BCUT2D eigenvalue weighted by Gasteiger charge is -2.22. The predicted molar refractivity (Wildman–Crippen MR) is 123 cm³/mol. The largest absolute Gasteiger partial charge is 0.340 e. The van der Waals surface area contributed by atoms with Crippen LogP contribution in [0.2, 0.25) is 0 Å². The monoisotopic (exact) mass is 486 g/mol. The van der Waals surface area contributed by atoms with Crippen LogP contribution in [0.4, 0.5) is 5.69 Å². The number of anilines is 1. The summed E-state index contributed by atoms with van der Waals surface area (Å²) in [4.78, 5) is 30.8. The first-order valence-corrected chi connectivity index (χ1v) is 11.1. The Bertz CT molecular complexity index is 1030. The smallest absolute Gasteiger partial charge is 0.253 e. The number of rotatable bonds is 7. The van der Waals surface area contributed by atoms with E-state index in [-0.39, 0.29) is 17.7 Å². The van der Waals surface area contributed by atoms with Crippen molar-refractivity contribution < 1.29 is 9.59 Å². The van der Waals surface area contributed by atoms with Crippen molar-refractivity contribution in [3.05, 3.63) is 71.0 Å². The molecule has 0 saturated carbocycles. The zero-order valence-corrected chi connectivity index (χ0v) is 19.3. The van der Waals surface area contributed by atoms with Gasteiger partial charge in [-0.05, 0) is 58.2 Å². The Kier molecular flexibility index (Phi) is 7.33. The number of amides is 2. The highest BCUT2D eigenvalue weighted by Crippen LogP contribution is 2.27. The van der Waals surface area contributed by atoms with Crippen LogP contribution in [0.5, 0.6) is 0 Å². The van der Waals surface area contributed by atoms with E-state index in [1.54, 1.807) is 36.2 Å². The molecule has 3 rings (SSSR count). The van der Waals surface area contributed by atoms with Crippen LogP contribution in [-0.4, -0.2) is 27.4 Å². The van der Waals surface area contributed by atoms with Crippen LogP contribution in [0.1, 0.15) is 24.2 Å². The average molecular weight is 487 g/mol. The number of hydrogen-bond acceptors (Lipinski definition) is 4. The normalized spacial score (nSPS) is 11.9. The lowest BCUT2D eigenvalue weighted by Crippen LogP contribution is -2.47. The van der Waals surface area contributed by atoms with Gasteiger partial charge in [-0.3, -0.25) is 9.59 Å². The highest BCUT2D eigenvalue weighted by molar-refractivity contribution is 9.10. The summed E-state index contributed by atoms with van der Waals surface area (Å²) >= 11 is 4.92. The number of carbonyl (C=O) groups excluding carboxylic acids is 2. The fraction of sp³-hybridized carbons (Fsp3) is 0.227. The molecule has 0 aliphatic rings. The number of aryl methyl sites for hydroxylation is 1. The predicted octanol–water partition coefficient (Wildman–Crippen LogP) is 4.73. The maximum Gasteiger partial charge on any atom is 0.253 e. The van der Waals surface area contributed by atoms with Crippen LogP contribution < -0.4 is 10.6 Å². The van der Waals surface area contributed by atoms with Gasteiger partial charge in [0.25, 0.3) is 5.91 Å². The van der Waals surface area contributed by atoms with Crippen molar-refractivity contribution in [3.8, 4) is 0 Å². The molecular formula is C22H23BrN4O2S. The van der Waals surface area contributed by atoms with Gasteiger partial charge < -0.3 is 15.2 Å². The lowest BCUT2D eigenvalue weighted by molar-refractivity contribution is -0.118. The first-order chi connectivity index (χ1) is 14.3. The van der Waals surface area contributed by atoms with Crippen LogP contribution in [0.3, 0.4) is 0 Å². The summed E-state index contributed by atoms with van der Waals surface area (Å²) in [5.41, 5.74) is 1.16. The highest BCUT2D eigenvalue weighted by Gasteiger charge is 2.25. The van der Waals surface area contributed by atoms with E-state index in [0.29, 0.717) is 15.7 Å². The van der Waals surface area contributed by atoms with E-state index < -0.39 is 6.04 Å². The quantitative estimate of drug-likeness (QED) is 0.506. The number of carbonyl (C=O) groups is 2. The maximum absolute atomic E-state index is 12.8. The molecule has 1 aromatic heterocycles. The molecule has 156 valence electrons. The van der Waals surface area contributed by atoms with E-state index >= 15 is 0 Å². The van der Waals surface area contributed by atoms with E-state index in [1.807, 2.05) is 62.0 Å². The third-order valence-corrected chi connectivity index (χ3v) is 6.24. The van der Waals surface area contributed by atoms with Crippen LogP contribution in [0.15, 0.2) is 75.4 Å². The molecule has 1 atom stereocenters. The molecule has 0 aliphatic heterocycles. The summed E-state index contributed by atoms with van der Waals surface area (Å²) in [6, 6.07) is 14.0. The average Bonchev–Trinajstić information content (AvgIpc) is 3.12. The maximum atomic E-state index is 12.8. The Morgan fingerprint density at radius 2 is 1.80 bits per heavy atom. The topological polar surface area (TPSA) is 76.0 Å². The minimum absolute atomic E-state index is 0.0744. The third kappa shape index (κ3) is 5.52. The van der Waals surface area contributed by atoms with Crippen molar-refractivity contribution in [1.82, 2.24) is 14.9 Å². The van der Waals surface area contributed by atoms with Crippen molar-refractivity contribution in [2.45, 2.75) is 29.9 Å². The number of nitrogens with zero attached hydrogens (tertiary/aromatic N) is 2. The molecule has 0 bridgehead atoms. The second-order valence-corrected chi connectivity index (χ2v) is 9.01. The van der Waals surface area contributed by atoms with Crippen molar-refractivity contribution in [3.63, 3.8) is 0 Å². The Balaban J connectivity index is 1.65. The molecule has 0 spiro atoms. The van der Waals surface area contributed by atoms with Gasteiger partial charge in [-0.1, -0.05) is 37.7 Å². The SMILES string of the molecule is CC(C)[C@H](NC(=O)c1ccccc1Br)C(=O)Nc1ccc(Sc2nccn2C)cc1. The number of halogens is 1. The van der Waals surface area contributed by atoms with E-state index in [0.717, 1.165) is 10.1 Å². The summed E-state index contributed by atoms with van der Waals surface area (Å²) in [6.45, 7) is 3.80. The van der Waals surface area contributed by atoms with Crippen molar-refractivity contribution in [2.24, 2.45) is 13.0 Å². The molecule has 0 unspecified atom stereocenters. The van der Waals surface area contributed by atoms with E-state index in [1.165, 1.54) is 0 Å². The summed E-state index contributed by atoms with van der Waals surface area (Å²) in [5.74, 6) is -0.622. The number of aromatic nitrogens is 2. The van der Waals surface area contributed by atoms with Crippen LogP contribution in [0.25, 0.3) is 0 Å². The zero-order valence-electron chi connectivity index (χ0n) is 16.9. The second kappa shape index (κ2) is 9.95. The van der Waals surface area contributed by atoms with Crippen LogP contribution in [-0.2, 0) is 11.8 Å². The van der Waals surface area contributed by atoms with E-state index in [4.69, 9.17) is 0 Å². The Labute approximate surface area is 188 Å². The molecule has 2 N–H and O–H groups in total. The molecule has 6 nitrogen and oxygen atoms in total. The minimum atomic E-state index is -0.661. The highest BCUT2D eigenvalue weighted by atomic mass is 79.9. The van der Waals surface area contributed by atoms with Crippen LogP contribution >= 0.6 is 27.7 Å². The molecular weight excluding hydrogens is 464 g/mol. The Morgan fingerprint density at radius 3 is 2.40 bits per heavy atom. The number of hydrogen-bond donors (Lipinski definition) is 2. The van der Waals surface area contributed by atoms with Gasteiger partial charge in [0.15, 0.2) is 5.16 Å². The van der Waals surface area contributed by atoms with Gasteiger partial charge in [0, 0.05) is 34.5 Å². The Hall–Kier alpha value is -2.58. The summed E-state index contributed by atoms with van der Waals surface area (Å²) in [5, 5.41) is 6.63. The second-order valence-electron chi connectivity index (χ2n) is 7.11. The molecule has 2 amide bonds. The molecule has 0 aliphatic carbocycles. The summed E-state index contributed by atoms with van der Waals surface area (Å²) in [7, 11) is 1.94. The summed E-state index contributed by atoms with van der Waals surface area (Å²) < 4.78 is 2.63. The van der Waals surface area contributed by atoms with Crippen molar-refractivity contribution in [2.75, 3.05) is 5.32 Å². The third-order valence-electron chi connectivity index (χ3n) is 4.46. The zero-order chi connectivity index (χ0) is 21.7. The van der Waals surface area contributed by atoms with Crippen molar-refractivity contribution in [1.29, 1.82) is 0 Å². The van der Waals surface area contributed by atoms with Gasteiger partial charge in [0.05, 0.1) is 5.56 Å². The van der Waals surface area contributed by atoms with E-state index in [9.17, 15) is 9.59 Å². The Morgan fingerprint density at radius 1 is 1.10 bits per heavy atom. The molecule has 2 aromatic carbocycles. The number of benzene rings is 2. The molecule has 30 heavy (non-hydrogen) atoms. The standard InChI is InChI=1S/C22H23BrN4O2S/c1-14(2)19(26-20(28)17-6-4-5-7-18(17)23)21(29)25-15-8-10-16(11-9-15)30-22-24-12-13-27(22)3/h4-14,19H,1-3H3,(H,25,29)(H,26,28)/t19-/m0/s1. The first-order valence-electron chi connectivity index (χ1n) is 9.46. The minimum Gasteiger partial charge on any atom is -0.340 e. The van der Waals surface area contributed by atoms with Gasteiger partial charge in [0.1, 0.15) is 6.04 Å². The molecule has 0 radical (unpaired) electrons. The number of nitrogens with one attached hydrogen (secondary N) is 2. The van der Waals surface area contributed by atoms with Gasteiger partial charge in [-0.15, -0.1) is 0 Å². The fourth-order valence-electron chi connectivity index (χ4n) is 2.78. The summed E-state index contributed by atoms with van der Waals surface area (Å²) in [6.07, 6.45) is 3.65. The van der Waals surface area contributed by atoms with E-state index in [2.05, 4.69) is 31.5 Å². The van der Waals surface area contributed by atoms with Gasteiger partial charge in [-0.2, -0.15) is 0 Å². The fourth-order valence-corrected chi connectivity index (χ4v) is 4.05. The van der Waals surface area contributed by atoms with Gasteiger partial charge in [-0.25, -0.2) is 4.98 Å². The molecule has 3 aromatic rings. The molecule has 1 heterocycles. The molecule has 0 fully saturated rings. The number of imidazole rings is 1. The van der Waals surface area contributed by atoms with Crippen LogP contribution in [0, 0.1) is 5.92 Å². The van der Waals surface area contributed by atoms with Crippen molar-refractivity contribution >= 4 is 45.2 Å². The van der Waals surface area contributed by atoms with Gasteiger partial charge >= 0.3 is 0 Å². The van der Waals surface area contributed by atoms with Gasteiger partial charge in [0.2, 0.25) is 5.91 Å². The first kappa shape index (κ1) is 22.1. The molecule has 0 saturated heterocycles. The molecule has 8 heteroatoms.